The normalized spacial score (nSPS) is 25.7. The van der Waals surface area contributed by atoms with Gasteiger partial charge in [0.1, 0.15) is 0 Å². The van der Waals surface area contributed by atoms with E-state index in [1.54, 1.807) is 0 Å². The number of likely N-dealkylation sites (tertiary alicyclic amines) is 1. The van der Waals surface area contributed by atoms with E-state index in [2.05, 4.69) is 18.7 Å². The minimum Gasteiger partial charge on any atom is -0.389 e. The molecule has 0 radical (unpaired) electrons. The van der Waals surface area contributed by atoms with Crippen molar-refractivity contribution >= 4 is 0 Å². The largest absolute Gasteiger partial charge is 0.389 e. The molecule has 14 heavy (non-hydrogen) atoms. The van der Waals surface area contributed by atoms with Crippen molar-refractivity contribution < 1.29 is 5.11 Å². The fourth-order valence-electron chi connectivity index (χ4n) is 2.47. The molecule has 0 aliphatic carbocycles. The molecule has 1 saturated heterocycles. The lowest BCUT2D eigenvalue weighted by Crippen LogP contribution is -2.48. The van der Waals surface area contributed by atoms with Gasteiger partial charge in [-0.05, 0) is 39.2 Å². The lowest BCUT2D eigenvalue weighted by molar-refractivity contribution is 0.0000450. The highest BCUT2D eigenvalue weighted by molar-refractivity contribution is 4.83. The molecule has 0 bridgehead atoms. The van der Waals surface area contributed by atoms with Crippen LogP contribution in [0.25, 0.3) is 0 Å². The molecule has 1 unspecified atom stereocenters. The Morgan fingerprint density at radius 3 is 2.50 bits per heavy atom. The molecule has 1 heterocycles. The van der Waals surface area contributed by atoms with Crippen molar-refractivity contribution in [2.45, 2.75) is 58.6 Å². The molecular formula is C12H25NO. The predicted octanol–water partition coefficient (Wildman–Crippen LogP) is 2.27. The monoisotopic (exact) mass is 199 g/mol. The average Bonchev–Trinajstić information content (AvgIpc) is 2.01. The van der Waals surface area contributed by atoms with Crippen LogP contribution in [0.3, 0.4) is 0 Å². The summed E-state index contributed by atoms with van der Waals surface area (Å²) in [5.41, 5.74) is -0.551. The summed E-state index contributed by atoms with van der Waals surface area (Å²) in [4.78, 5) is 2.47. The number of rotatable bonds is 3. The van der Waals surface area contributed by atoms with Crippen molar-refractivity contribution in [2.75, 3.05) is 13.1 Å². The number of hydrogen-bond acceptors (Lipinski definition) is 2. The van der Waals surface area contributed by atoms with E-state index in [0.29, 0.717) is 12.0 Å². The van der Waals surface area contributed by atoms with Crippen LogP contribution in [0.2, 0.25) is 0 Å². The van der Waals surface area contributed by atoms with Crippen LogP contribution in [0.4, 0.5) is 0 Å². The molecule has 1 aliphatic rings. The van der Waals surface area contributed by atoms with Gasteiger partial charge < -0.3 is 5.11 Å². The first-order valence-electron chi connectivity index (χ1n) is 5.86. The smallest absolute Gasteiger partial charge is 0.0718 e. The van der Waals surface area contributed by atoms with Crippen LogP contribution in [-0.2, 0) is 0 Å². The van der Waals surface area contributed by atoms with E-state index >= 15 is 0 Å². The standard InChI is InChI=1S/C12H25NO/c1-10(2)11-7-5-6-8-13(11)9-12(3,4)14/h10-11,14H,5-9H2,1-4H3. The molecule has 0 spiro atoms. The maximum absolute atomic E-state index is 9.83. The molecule has 1 rings (SSSR count). The van der Waals surface area contributed by atoms with Crippen LogP contribution in [0, 0.1) is 5.92 Å². The summed E-state index contributed by atoms with van der Waals surface area (Å²) in [6.45, 7) is 10.3. The van der Waals surface area contributed by atoms with Gasteiger partial charge in [0.2, 0.25) is 0 Å². The van der Waals surface area contributed by atoms with Crippen LogP contribution in [0.1, 0.15) is 47.0 Å². The molecular weight excluding hydrogens is 174 g/mol. The van der Waals surface area contributed by atoms with Gasteiger partial charge in [-0.1, -0.05) is 20.3 Å². The minimum absolute atomic E-state index is 0.551. The Kier molecular flexibility index (Phi) is 3.96. The first-order chi connectivity index (χ1) is 6.40. The zero-order valence-electron chi connectivity index (χ0n) is 10.1. The Morgan fingerprint density at radius 2 is 2.00 bits per heavy atom. The molecule has 0 aromatic carbocycles. The van der Waals surface area contributed by atoms with Crippen molar-refractivity contribution in [3.63, 3.8) is 0 Å². The van der Waals surface area contributed by atoms with E-state index in [0.717, 1.165) is 13.1 Å². The van der Waals surface area contributed by atoms with Crippen LogP contribution in [-0.4, -0.2) is 34.7 Å². The molecule has 1 fully saturated rings. The highest BCUT2D eigenvalue weighted by atomic mass is 16.3. The van der Waals surface area contributed by atoms with E-state index < -0.39 is 5.60 Å². The van der Waals surface area contributed by atoms with Gasteiger partial charge in [-0.3, -0.25) is 4.90 Å². The molecule has 84 valence electrons. The van der Waals surface area contributed by atoms with Gasteiger partial charge in [0.15, 0.2) is 0 Å². The van der Waals surface area contributed by atoms with E-state index in [9.17, 15) is 5.11 Å². The zero-order valence-corrected chi connectivity index (χ0v) is 10.1. The highest BCUT2D eigenvalue weighted by Crippen LogP contribution is 2.24. The van der Waals surface area contributed by atoms with Gasteiger partial charge in [-0.15, -0.1) is 0 Å². The third-order valence-electron chi connectivity index (χ3n) is 3.02. The lowest BCUT2D eigenvalue weighted by atomic mass is 9.91. The first-order valence-corrected chi connectivity index (χ1v) is 5.86. The van der Waals surface area contributed by atoms with Crippen molar-refractivity contribution in [3.05, 3.63) is 0 Å². The second-order valence-electron chi connectivity index (χ2n) is 5.59. The molecule has 2 nitrogen and oxygen atoms in total. The van der Waals surface area contributed by atoms with Gasteiger partial charge in [-0.2, -0.15) is 0 Å². The first kappa shape index (κ1) is 12.0. The molecule has 1 aliphatic heterocycles. The maximum atomic E-state index is 9.83. The lowest BCUT2D eigenvalue weighted by Gasteiger charge is -2.41. The highest BCUT2D eigenvalue weighted by Gasteiger charge is 2.28. The Morgan fingerprint density at radius 1 is 1.36 bits per heavy atom. The maximum Gasteiger partial charge on any atom is 0.0718 e. The van der Waals surface area contributed by atoms with Crippen molar-refractivity contribution in [1.82, 2.24) is 4.90 Å². The third-order valence-corrected chi connectivity index (χ3v) is 3.02. The predicted molar refractivity (Wildman–Crippen MR) is 60.3 cm³/mol. The fourth-order valence-corrected chi connectivity index (χ4v) is 2.47. The molecule has 0 saturated carbocycles. The number of hydrogen-bond donors (Lipinski definition) is 1. The number of piperidine rings is 1. The summed E-state index contributed by atoms with van der Waals surface area (Å²) in [7, 11) is 0. The summed E-state index contributed by atoms with van der Waals surface area (Å²) in [6.07, 6.45) is 3.94. The minimum atomic E-state index is -0.551. The number of nitrogens with zero attached hydrogens (tertiary/aromatic N) is 1. The average molecular weight is 199 g/mol. The Bertz CT molecular complexity index is 172. The third kappa shape index (κ3) is 3.58. The Hall–Kier alpha value is -0.0800. The van der Waals surface area contributed by atoms with E-state index in [-0.39, 0.29) is 0 Å². The van der Waals surface area contributed by atoms with Crippen molar-refractivity contribution in [2.24, 2.45) is 5.92 Å². The molecule has 1 atom stereocenters. The second-order valence-corrected chi connectivity index (χ2v) is 5.59. The molecule has 0 aromatic heterocycles. The Balaban J connectivity index is 2.54. The van der Waals surface area contributed by atoms with Gasteiger partial charge >= 0.3 is 0 Å². The van der Waals surface area contributed by atoms with Gasteiger partial charge in [0.25, 0.3) is 0 Å². The van der Waals surface area contributed by atoms with E-state index in [1.165, 1.54) is 19.3 Å². The summed E-state index contributed by atoms with van der Waals surface area (Å²) >= 11 is 0. The van der Waals surface area contributed by atoms with Crippen LogP contribution in [0.15, 0.2) is 0 Å². The second kappa shape index (κ2) is 4.63. The van der Waals surface area contributed by atoms with E-state index in [4.69, 9.17) is 0 Å². The number of aliphatic hydroxyl groups is 1. The summed E-state index contributed by atoms with van der Waals surface area (Å²) in [5.74, 6) is 0.706. The fraction of sp³-hybridized carbons (Fsp3) is 1.00. The molecule has 1 N–H and O–H groups in total. The van der Waals surface area contributed by atoms with E-state index in [1.807, 2.05) is 13.8 Å². The van der Waals surface area contributed by atoms with Crippen LogP contribution in [0.5, 0.6) is 0 Å². The topological polar surface area (TPSA) is 23.5 Å². The van der Waals surface area contributed by atoms with Gasteiger partial charge in [0.05, 0.1) is 5.60 Å². The van der Waals surface area contributed by atoms with Gasteiger partial charge in [-0.25, -0.2) is 0 Å². The van der Waals surface area contributed by atoms with Crippen LogP contribution >= 0.6 is 0 Å². The van der Waals surface area contributed by atoms with Crippen molar-refractivity contribution in [3.8, 4) is 0 Å². The van der Waals surface area contributed by atoms with Gasteiger partial charge in [0, 0.05) is 12.6 Å². The van der Waals surface area contributed by atoms with Crippen molar-refractivity contribution in [1.29, 1.82) is 0 Å². The SMILES string of the molecule is CC(C)C1CCCCN1CC(C)(C)O. The number of β-amino-alcohol motifs (C(OH)–C–C–N with tert-alkyl or cyclic N) is 1. The van der Waals surface area contributed by atoms with Crippen LogP contribution < -0.4 is 0 Å². The Labute approximate surface area is 88.3 Å². The summed E-state index contributed by atoms with van der Waals surface area (Å²) in [6, 6.07) is 0.676. The molecule has 2 heteroatoms. The zero-order chi connectivity index (χ0) is 10.8. The molecule has 0 aromatic rings. The quantitative estimate of drug-likeness (QED) is 0.753. The molecule has 0 amide bonds. The summed E-state index contributed by atoms with van der Waals surface area (Å²) in [5, 5.41) is 9.83. The summed E-state index contributed by atoms with van der Waals surface area (Å²) < 4.78 is 0.